The van der Waals surface area contributed by atoms with Crippen LogP contribution in [0.3, 0.4) is 0 Å². The van der Waals surface area contributed by atoms with E-state index in [1.165, 1.54) is 0 Å². The maximum atomic E-state index is 6.29. The molecule has 19 heavy (non-hydrogen) atoms. The van der Waals surface area contributed by atoms with E-state index >= 15 is 0 Å². The summed E-state index contributed by atoms with van der Waals surface area (Å²) in [5.74, 6) is 0. The van der Waals surface area contributed by atoms with Gasteiger partial charge in [0.05, 0.1) is 24.4 Å². The van der Waals surface area contributed by atoms with E-state index < -0.39 is 0 Å². The third-order valence-electron chi connectivity index (χ3n) is 3.63. The zero-order chi connectivity index (χ0) is 13.7. The topological polar surface area (TPSA) is 18.5 Å². The van der Waals surface area contributed by atoms with Crippen molar-refractivity contribution in [2.75, 3.05) is 0 Å². The highest BCUT2D eigenvalue weighted by molar-refractivity contribution is 9.11. The molecule has 0 aliphatic carbocycles. The maximum Gasteiger partial charge on any atom is 0.0880 e. The molecule has 0 spiro atoms. The van der Waals surface area contributed by atoms with E-state index in [1.807, 2.05) is 6.08 Å². The lowest BCUT2D eigenvalue weighted by atomic mass is 10.1. The van der Waals surface area contributed by atoms with Crippen molar-refractivity contribution in [2.24, 2.45) is 0 Å². The quantitative estimate of drug-likeness (QED) is 0.392. The summed E-state index contributed by atoms with van der Waals surface area (Å²) >= 11 is 6.97. The summed E-state index contributed by atoms with van der Waals surface area (Å²) in [6.07, 6.45) is 11.0. The largest absolute Gasteiger partial charge is 0.371 e. The number of alkyl halides is 1. The summed E-state index contributed by atoms with van der Waals surface area (Å²) < 4.78 is 12.3. The highest BCUT2D eigenvalue weighted by Crippen LogP contribution is 2.31. The van der Waals surface area contributed by atoms with Gasteiger partial charge in [-0.05, 0) is 25.3 Å². The van der Waals surface area contributed by atoms with Crippen molar-refractivity contribution >= 4 is 31.9 Å². The summed E-state index contributed by atoms with van der Waals surface area (Å²) in [6.45, 7) is 2.18. The molecule has 1 fully saturated rings. The first kappa shape index (κ1) is 15.5. The van der Waals surface area contributed by atoms with Crippen molar-refractivity contribution in [3.8, 4) is 0 Å². The second-order valence-corrected chi connectivity index (χ2v) is 6.61. The van der Waals surface area contributed by atoms with Gasteiger partial charge in [-0.2, -0.15) is 0 Å². The first-order valence-corrected chi connectivity index (χ1v) is 8.69. The van der Waals surface area contributed by atoms with Crippen LogP contribution in [0.2, 0.25) is 0 Å². The molecule has 5 atom stereocenters. The first-order chi connectivity index (χ1) is 9.24. The van der Waals surface area contributed by atoms with E-state index in [-0.39, 0.29) is 24.4 Å². The van der Waals surface area contributed by atoms with E-state index in [1.54, 1.807) is 4.99 Å². The Labute approximate surface area is 132 Å². The fourth-order valence-corrected chi connectivity index (χ4v) is 3.49. The SMILES string of the molecule is CC[C@H]1O[C@@H]2C[C@H](C=C=CBr)O[C@H]2C/C=C\C[C@@H]1Br. The lowest BCUT2D eigenvalue weighted by Crippen LogP contribution is -2.32. The molecule has 2 aliphatic rings. The van der Waals surface area contributed by atoms with Crippen LogP contribution in [0.15, 0.2) is 28.9 Å². The number of rotatable bonds is 2. The molecule has 4 heteroatoms. The van der Waals surface area contributed by atoms with Gasteiger partial charge < -0.3 is 9.47 Å². The second-order valence-electron chi connectivity index (χ2n) is 4.97. The minimum atomic E-state index is 0.114. The Hall–Kier alpha value is 0.140. The zero-order valence-corrected chi connectivity index (χ0v) is 14.3. The summed E-state index contributed by atoms with van der Waals surface area (Å²) in [5, 5.41) is 0. The molecule has 0 saturated carbocycles. The van der Waals surface area contributed by atoms with E-state index in [0.29, 0.717) is 4.83 Å². The molecular formula is C15H20Br2O2. The zero-order valence-electron chi connectivity index (χ0n) is 11.1. The van der Waals surface area contributed by atoms with Gasteiger partial charge in [-0.1, -0.05) is 50.9 Å². The monoisotopic (exact) mass is 390 g/mol. The minimum Gasteiger partial charge on any atom is -0.371 e. The van der Waals surface area contributed by atoms with Crippen LogP contribution in [0.1, 0.15) is 32.6 Å². The third-order valence-corrected chi connectivity index (χ3v) is 4.85. The van der Waals surface area contributed by atoms with Gasteiger partial charge >= 0.3 is 0 Å². The molecule has 2 nitrogen and oxygen atoms in total. The number of halogens is 2. The molecule has 106 valence electrons. The van der Waals surface area contributed by atoms with Crippen LogP contribution in [0.25, 0.3) is 0 Å². The van der Waals surface area contributed by atoms with Crippen LogP contribution in [-0.4, -0.2) is 29.2 Å². The third kappa shape index (κ3) is 4.30. The molecule has 0 aromatic rings. The predicted molar refractivity (Wildman–Crippen MR) is 84.9 cm³/mol. The molecule has 2 rings (SSSR count). The van der Waals surface area contributed by atoms with Gasteiger partial charge in [0, 0.05) is 16.2 Å². The van der Waals surface area contributed by atoms with Gasteiger partial charge in [-0.25, -0.2) is 0 Å². The number of hydrogen-bond acceptors (Lipinski definition) is 2. The fourth-order valence-electron chi connectivity index (χ4n) is 2.62. The molecule has 0 aromatic heterocycles. The average molecular weight is 392 g/mol. The molecular weight excluding hydrogens is 372 g/mol. The maximum absolute atomic E-state index is 6.29. The van der Waals surface area contributed by atoms with Crippen molar-refractivity contribution in [3.05, 3.63) is 28.9 Å². The molecule has 1 saturated heterocycles. The van der Waals surface area contributed by atoms with Crippen molar-refractivity contribution in [3.63, 3.8) is 0 Å². The van der Waals surface area contributed by atoms with Crippen molar-refractivity contribution in [1.82, 2.24) is 0 Å². The Kier molecular flexibility index (Phi) is 6.37. The van der Waals surface area contributed by atoms with Crippen molar-refractivity contribution in [1.29, 1.82) is 0 Å². The van der Waals surface area contributed by atoms with Gasteiger partial charge in [0.25, 0.3) is 0 Å². The van der Waals surface area contributed by atoms with Crippen LogP contribution in [0.5, 0.6) is 0 Å². The van der Waals surface area contributed by atoms with Gasteiger partial charge in [0.2, 0.25) is 0 Å². The van der Waals surface area contributed by atoms with E-state index in [2.05, 4.69) is 56.7 Å². The Balaban J connectivity index is 2.08. The fraction of sp³-hybridized carbons (Fsp3) is 0.667. The standard InChI is InChI=1S/C15H20Br2O2/c1-2-13-12(17)7-3-4-8-14-15(19-13)10-11(18-14)6-5-9-16/h3-4,6,9,11-15H,2,7-8,10H2,1H3/b4-3-/t5?,11-,12-,13+,14-,15+/m0/s1. The van der Waals surface area contributed by atoms with E-state index in [0.717, 1.165) is 25.7 Å². The normalized spacial score (nSPS) is 40.3. The van der Waals surface area contributed by atoms with Crippen molar-refractivity contribution < 1.29 is 9.47 Å². The molecule has 2 aliphatic heterocycles. The van der Waals surface area contributed by atoms with Crippen molar-refractivity contribution in [2.45, 2.75) is 61.9 Å². The van der Waals surface area contributed by atoms with Crippen LogP contribution in [0, 0.1) is 0 Å². The number of fused-ring (bicyclic) bond motifs is 1. The number of allylic oxidation sites excluding steroid dienone is 1. The molecule has 0 aromatic carbocycles. The smallest absolute Gasteiger partial charge is 0.0880 e. The number of hydrogen-bond donors (Lipinski definition) is 0. The number of ether oxygens (including phenoxy) is 2. The minimum absolute atomic E-state index is 0.114. The van der Waals surface area contributed by atoms with Crippen LogP contribution < -0.4 is 0 Å². The second kappa shape index (κ2) is 7.80. The molecule has 2 heterocycles. The summed E-state index contributed by atoms with van der Waals surface area (Å²) in [4.78, 5) is 2.12. The Morgan fingerprint density at radius 3 is 2.79 bits per heavy atom. The van der Waals surface area contributed by atoms with Crippen LogP contribution >= 0.6 is 31.9 Å². The van der Waals surface area contributed by atoms with Crippen LogP contribution in [-0.2, 0) is 9.47 Å². The Morgan fingerprint density at radius 2 is 2.05 bits per heavy atom. The average Bonchev–Trinajstić information content (AvgIpc) is 2.81. The summed E-state index contributed by atoms with van der Waals surface area (Å²) in [7, 11) is 0. The van der Waals surface area contributed by atoms with Gasteiger partial charge in [0.15, 0.2) is 0 Å². The molecule has 0 unspecified atom stereocenters. The van der Waals surface area contributed by atoms with Gasteiger partial charge in [-0.15, -0.1) is 5.73 Å². The Bertz CT molecular complexity index is 374. The highest BCUT2D eigenvalue weighted by Gasteiger charge is 2.37. The molecule has 0 radical (unpaired) electrons. The van der Waals surface area contributed by atoms with Gasteiger partial charge in [0.1, 0.15) is 0 Å². The van der Waals surface area contributed by atoms with Gasteiger partial charge in [-0.3, -0.25) is 0 Å². The Morgan fingerprint density at radius 1 is 1.26 bits per heavy atom. The highest BCUT2D eigenvalue weighted by atomic mass is 79.9. The molecule has 0 N–H and O–H groups in total. The summed E-state index contributed by atoms with van der Waals surface area (Å²) in [5.41, 5.74) is 3.04. The summed E-state index contributed by atoms with van der Waals surface area (Å²) in [6, 6.07) is 0. The predicted octanol–water partition coefficient (Wildman–Crippen LogP) is 4.48. The molecule has 0 amide bonds. The lowest BCUT2D eigenvalue weighted by Gasteiger charge is -2.26. The molecule has 0 bridgehead atoms. The first-order valence-electron chi connectivity index (χ1n) is 6.85. The van der Waals surface area contributed by atoms with E-state index in [9.17, 15) is 0 Å². The lowest BCUT2D eigenvalue weighted by molar-refractivity contribution is -0.0522. The van der Waals surface area contributed by atoms with Crippen LogP contribution in [0.4, 0.5) is 0 Å². The van der Waals surface area contributed by atoms with E-state index in [4.69, 9.17) is 9.47 Å².